The van der Waals surface area contributed by atoms with Gasteiger partial charge in [-0.3, -0.25) is 14.3 Å². The average Bonchev–Trinajstić information content (AvgIpc) is 3.20. The third kappa shape index (κ3) is 5.07. The van der Waals surface area contributed by atoms with Crippen LogP contribution in [0.4, 0.5) is 17.2 Å². The molecule has 0 aliphatic carbocycles. The second kappa shape index (κ2) is 9.51. The van der Waals surface area contributed by atoms with Crippen molar-refractivity contribution in [2.24, 2.45) is 12.2 Å². The molecule has 1 aromatic heterocycles. The van der Waals surface area contributed by atoms with Crippen molar-refractivity contribution in [3.63, 3.8) is 0 Å². The fourth-order valence-electron chi connectivity index (χ4n) is 3.19. The van der Waals surface area contributed by atoms with Gasteiger partial charge in [0, 0.05) is 46.1 Å². The number of azide groups is 1. The van der Waals surface area contributed by atoms with Crippen LogP contribution in [-0.4, -0.2) is 21.6 Å². The summed E-state index contributed by atoms with van der Waals surface area (Å²) in [4.78, 5) is 27.6. The molecule has 0 radical (unpaired) electrons. The van der Waals surface area contributed by atoms with E-state index in [1.54, 1.807) is 60.3 Å². The molecule has 1 heterocycles. The molecule has 0 saturated heterocycles. The van der Waals surface area contributed by atoms with E-state index in [1.165, 1.54) is 6.07 Å². The first-order valence-electron chi connectivity index (χ1n) is 10.0. The molecule has 4 rings (SSSR count). The molecule has 9 heteroatoms. The van der Waals surface area contributed by atoms with Crippen LogP contribution >= 0.6 is 0 Å². The van der Waals surface area contributed by atoms with Crippen LogP contribution in [0.15, 0.2) is 90.0 Å². The molecule has 33 heavy (non-hydrogen) atoms. The lowest BCUT2D eigenvalue weighted by Gasteiger charge is -2.06. The highest BCUT2D eigenvalue weighted by Crippen LogP contribution is 2.24. The lowest BCUT2D eigenvalue weighted by molar-refractivity contribution is 0.101. The Balaban J connectivity index is 1.46. The zero-order valence-electron chi connectivity index (χ0n) is 17.6. The van der Waals surface area contributed by atoms with Gasteiger partial charge in [0.15, 0.2) is 0 Å². The molecule has 162 valence electrons. The van der Waals surface area contributed by atoms with Crippen LogP contribution < -0.4 is 10.6 Å². The number of aromatic nitrogens is 2. The number of benzene rings is 3. The van der Waals surface area contributed by atoms with E-state index < -0.39 is 0 Å². The van der Waals surface area contributed by atoms with E-state index in [-0.39, 0.29) is 11.8 Å². The smallest absolute Gasteiger partial charge is 0.256 e. The number of carbonyl (C=O) groups excluding carboxylic acids is 2. The number of rotatable bonds is 6. The molecular formula is C24H19N7O2. The highest BCUT2D eigenvalue weighted by atomic mass is 16.2. The number of amides is 2. The molecule has 3 aromatic carbocycles. The molecule has 2 N–H and O–H groups in total. The highest BCUT2D eigenvalue weighted by Gasteiger charge is 2.13. The minimum Gasteiger partial charge on any atom is -0.322 e. The lowest BCUT2D eigenvalue weighted by Crippen LogP contribution is -2.14. The number of nitrogens with one attached hydrogen (secondary N) is 2. The molecular weight excluding hydrogens is 418 g/mol. The first-order valence-corrected chi connectivity index (χ1v) is 10.0. The van der Waals surface area contributed by atoms with Crippen LogP contribution in [0.2, 0.25) is 0 Å². The number of nitrogens with zero attached hydrogens (tertiary/aromatic N) is 5. The maximum absolute atomic E-state index is 12.6. The van der Waals surface area contributed by atoms with Gasteiger partial charge in [-0.05, 0) is 41.9 Å². The average molecular weight is 437 g/mol. The van der Waals surface area contributed by atoms with Crippen molar-refractivity contribution in [2.75, 3.05) is 10.6 Å². The second-order valence-electron chi connectivity index (χ2n) is 7.13. The summed E-state index contributed by atoms with van der Waals surface area (Å²) in [5, 5.41) is 13.6. The Morgan fingerprint density at radius 2 is 1.58 bits per heavy atom. The highest BCUT2D eigenvalue weighted by molar-refractivity contribution is 6.05. The number of anilines is 2. The van der Waals surface area contributed by atoms with Gasteiger partial charge in [0.25, 0.3) is 11.8 Å². The molecule has 0 saturated carbocycles. The van der Waals surface area contributed by atoms with Gasteiger partial charge >= 0.3 is 0 Å². The molecule has 0 bridgehead atoms. The Morgan fingerprint density at radius 1 is 0.879 bits per heavy atom. The number of hydrogen-bond donors (Lipinski definition) is 2. The van der Waals surface area contributed by atoms with E-state index in [9.17, 15) is 9.59 Å². The third-order valence-corrected chi connectivity index (χ3v) is 4.86. The van der Waals surface area contributed by atoms with E-state index in [0.29, 0.717) is 34.0 Å². The van der Waals surface area contributed by atoms with Crippen LogP contribution in [0.5, 0.6) is 0 Å². The van der Waals surface area contributed by atoms with Gasteiger partial charge in [0.2, 0.25) is 0 Å². The van der Waals surface area contributed by atoms with Crippen LogP contribution in [0.25, 0.3) is 21.7 Å². The predicted molar refractivity (Wildman–Crippen MR) is 126 cm³/mol. The van der Waals surface area contributed by atoms with E-state index in [2.05, 4.69) is 25.8 Å². The number of carbonyl (C=O) groups is 2. The first kappa shape index (κ1) is 21.4. The Morgan fingerprint density at radius 3 is 2.30 bits per heavy atom. The maximum Gasteiger partial charge on any atom is 0.256 e. The SMILES string of the molecule is Cn1nc(-c2ccc(NC(=O)c3ccccc3)cc2)cc1NC(=O)c1cccc(N=[N+]=[N-])c1. The number of hydrogen-bond acceptors (Lipinski definition) is 4. The topological polar surface area (TPSA) is 125 Å². The summed E-state index contributed by atoms with van der Waals surface area (Å²) < 4.78 is 1.57. The van der Waals surface area contributed by atoms with Crippen molar-refractivity contribution >= 4 is 29.0 Å². The third-order valence-electron chi connectivity index (χ3n) is 4.86. The van der Waals surface area contributed by atoms with Gasteiger partial charge in [0.1, 0.15) is 5.82 Å². The van der Waals surface area contributed by atoms with Gasteiger partial charge in [0.05, 0.1) is 5.69 Å². The van der Waals surface area contributed by atoms with Crippen molar-refractivity contribution in [1.82, 2.24) is 9.78 Å². The molecule has 2 amide bonds. The van der Waals surface area contributed by atoms with Crippen molar-refractivity contribution in [2.45, 2.75) is 0 Å². The minimum atomic E-state index is -0.349. The Bertz CT molecular complexity index is 1360. The molecule has 0 spiro atoms. The Hall–Kier alpha value is -4.88. The summed E-state index contributed by atoms with van der Waals surface area (Å²) in [6.45, 7) is 0. The lowest BCUT2D eigenvalue weighted by atomic mass is 10.1. The zero-order chi connectivity index (χ0) is 23.2. The zero-order valence-corrected chi connectivity index (χ0v) is 17.6. The molecule has 0 aliphatic rings. The van der Waals surface area contributed by atoms with E-state index in [4.69, 9.17) is 5.53 Å². The normalized spacial score (nSPS) is 10.2. The van der Waals surface area contributed by atoms with Crippen molar-refractivity contribution < 1.29 is 9.59 Å². The quantitative estimate of drug-likeness (QED) is 0.234. The predicted octanol–water partition coefficient (Wildman–Crippen LogP) is 5.53. The summed E-state index contributed by atoms with van der Waals surface area (Å²) in [6.07, 6.45) is 0. The van der Waals surface area contributed by atoms with Crippen molar-refractivity contribution in [1.29, 1.82) is 0 Å². The molecule has 0 unspecified atom stereocenters. The monoisotopic (exact) mass is 437 g/mol. The van der Waals surface area contributed by atoms with Crippen LogP contribution in [0.3, 0.4) is 0 Å². The summed E-state index contributed by atoms with van der Waals surface area (Å²) in [7, 11) is 1.73. The first-order chi connectivity index (χ1) is 16.0. The standard InChI is InChI=1S/C24H19N7O2/c1-31-22(27-24(33)18-8-5-9-20(14-18)28-30-25)15-21(29-31)16-10-12-19(13-11-16)26-23(32)17-6-3-2-4-7-17/h2-15H,1H3,(H,26,32)(H,27,33). The van der Waals surface area contributed by atoms with Gasteiger partial charge in [-0.25, -0.2) is 0 Å². The summed E-state index contributed by atoms with van der Waals surface area (Å²) >= 11 is 0. The molecule has 0 atom stereocenters. The summed E-state index contributed by atoms with van der Waals surface area (Å²) in [5.74, 6) is -0.0279. The Labute approximate surface area is 189 Å². The van der Waals surface area contributed by atoms with Crippen molar-refractivity contribution in [3.05, 3.63) is 106 Å². The van der Waals surface area contributed by atoms with Crippen LogP contribution in [-0.2, 0) is 7.05 Å². The minimum absolute atomic E-state index is 0.185. The second-order valence-corrected chi connectivity index (χ2v) is 7.13. The van der Waals surface area contributed by atoms with Crippen LogP contribution in [0, 0.1) is 0 Å². The van der Waals surface area contributed by atoms with E-state index in [1.807, 2.05) is 30.3 Å². The largest absolute Gasteiger partial charge is 0.322 e. The molecule has 0 fully saturated rings. The van der Waals surface area contributed by atoms with E-state index >= 15 is 0 Å². The fraction of sp³-hybridized carbons (Fsp3) is 0.0417. The maximum atomic E-state index is 12.6. The van der Waals surface area contributed by atoms with E-state index in [0.717, 1.165) is 5.56 Å². The van der Waals surface area contributed by atoms with Gasteiger partial charge in [-0.2, -0.15) is 5.10 Å². The van der Waals surface area contributed by atoms with Crippen LogP contribution in [0.1, 0.15) is 20.7 Å². The summed E-state index contributed by atoms with van der Waals surface area (Å²) in [5.41, 5.74) is 12.0. The van der Waals surface area contributed by atoms with Crippen molar-refractivity contribution in [3.8, 4) is 11.3 Å². The van der Waals surface area contributed by atoms with Gasteiger partial charge < -0.3 is 10.6 Å². The summed E-state index contributed by atoms with van der Waals surface area (Å²) in [6, 6.07) is 24.4. The Kier molecular flexibility index (Phi) is 6.15. The molecule has 9 nitrogen and oxygen atoms in total. The van der Waals surface area contributed by atoms with Gasteiger partial charge in [-0.1, -0.05) is 47.6 Å². The molecule has 4 aromatic rings. The molecule has 0 aliphatic heterocycles. The number of aryl methyl sites for hydroxylation is 1. The van der Waals surface area contributed by atoms with Gasteiger partial charge in [-0.15, -0.1) is 0 Å². The fourth-order valence-corrected chi connectivity index (χ4v) is 3.19.